The van der Waals surface area contributed by atoms with Crippen LogP contribution in [0, 0.1) is 0 Å². The average Bonchev–Trinajstić information content (AvgIpc) is 3.13. The number of carbonyl (C=O) groups excluding carboxylic acids is 3. The number of ketones is 1. The van der Waals surface area contributed by atoms with Gasteiger partial charge in [-0.25, -0.2) is 4.79 Å². The van der Waals surface area contributed by atoms with Crippen LogP contribution in [0.2, 0.25) is 0 Å². The van der Waals surface area contributed by atoms with E-state index in [0.717, 1.165) is 12.8 Å². The molecule has 2 N–H and O–H groups in total. The molecule has 3 aromatic rings. The number of rotatable bonds is 12. The molecule has 2 amide bonds. The van der Waals surface area contributed by atoms with Gasteiger partial charge in [0, 0.05) is 19.0 Å². The van der Waals surface area contributed by atoms with Gasteiger partial charge in [-0.1, -0.05) is 31.9 Å². The molecule has 9 nitrogen and oxygen atoms in total. The summed E-state index contributed by atoms with van der Waals surface area (Å²) in [5.41, 5.74) is 1.42. The normalized spacial score (nSPS) is 11.8. The number of carbonyl (C=O) groups is 3. The number of amides is 2. The quantitative estimate of drug-likeness (QED) is 0.407. The summed E-state index contributed by atoms with van der Waals surface area (Å²) < 4.78 is 6.40. The zero-order valence-electron chi connectivity index (χ0n) is 18.6. The molecule has 0 aliphatic rings. The maximum atomic E-state index is 12.9. The van der Waals surface area contributed by atoms with Gasteiger partial charge in [0.25, 0.3) is 0 Å². The van der Waals surface area contributed by atoms with Gasteiger partial charge in [-0.3, -0.25) is 23.9 Å². The topological polar surface area (TPSA) is 123 Å². The van der Waals surface area contributed by atoms with E-state index < -0.39 is 17.7 Å². The lowest BCUT2D eigenvalue weighted by Gasteiger charge is -2.18. The van der Waals surface area contributed by atoms with Crippen molar-refractivity contribution in [1.29, 1.82) is 0 Å². The second-order valence-electron chi connectivity index (χ2n) is 7.76. The third-order valence-corrected chi connectivity index (χ3v) is 5.30. The Balaban J connectivity index is 1.64. The van der Waals surface area contributed by atoms with Crippen molar-refractivity contribution in [2.45, 2.75) is 58.0 Å². The van der Waals surface area contributed by atoms with Gasteiger partial charge < -0.3 is 15.1 Å². The number of anilines is 1. The zero-order chi connectivity index (χ0) is 23.6. The van der Waals surface area contributed by atoms with Gasteiger partial charge in [-0.15, -0.1) is 0 Å². The molecule has 174 valence electrons. The van der Waals surface area contributed by atoms with E-state index in [4.69, 9.17) is 4.42 Å². The van der Waals surface area contributed by atoms with Crippen molar-refractivity contribution in [3.05, 3.63) is 59.3 Å². The predicted octanol–water partition coefficient (Wildman–Crippen LogP) is 3.04. The average molecular weight is 453 g/mol. The smallest absolute Gasteiger partial charge is 0.408 e. The summed E-state index contributed by atoms with van der Waals surface area (Å²) in [5.74, 6) is -1.27. The van der Waals surface area contributed by atoms with Crippen molar-refractivity contribution in [3.63, 3.8) is 0 Å². The van der Waals surface area contributed by atoms with Gasteiger partial charge in [-0.2, -0.15) is 0 Å². The van der Waals surface area contributed by atoms with Crippen molar-refractivity contribution >= 4 is 34.4 Å². The molecule has 0 aliphatic heterocycles. The minimum absolute atomic E-state index is 0.215. The molecule has 33 heavy (non-hydrogen) atoms. The highest BCUT2D eigenvalue weighted by Gasteiger charge is 2.22. The number of benzene rings is 1. The van der Waals surface area contributed by atoms with Crippen LogP contribution in [0.4, 0.5) is 5.69 Å². The third-order valence-electron chi connectivity index (χ3n) is 5.30. The molecule has 0 saturated heterocycles. The summed E-state index contributed by atoms with van der Waals surface area (Å²) in [5, 5.41) is 5.50. The maximum Gasteiger partial charge on any atom is 0.420 e. The highest BCUT2D eigenvalue weighted by molar-refractivity contribution is 5.97. The SMILES string of the molecule is CCC(=O)CCCCC[C@H](NC(=O)Cn1c(=O)oc2ccccc21)C(=O)Nc1cccnc1. The highest BCUT2D eigenvalue weighted by Crippen LogP contribution is 2.13. The van der Waals surface area contributed by atoms with Gasteiger partial charge in [-0.05, 0) is 37.1 Å². The number of hydrogen-bond acceptors (Lipinski definition) is 6. The Morgan fingerprint density at radius 1 is 1.09 bits per heavy atom. The fourth-order valence-electron chi connectivity index (χ4n) is 3.51. The van der Waals surface area contributed by atoms with E-state index >= 15 is 0 Å². The molecule has 9 heteroatoms. The Morgan fingerprint density at radius 2 is 1.91 bits per heavy atom. The molecule has 3 rings (SSSR count). The maximum absolute atomic E-state index is 12.9. The number of fused-ring (bicyclic) bond motifs is 1. The van der Waals surface area contributed by atoms with E-state index in [9.17, 15) is 19.2 Å². The largest absolute Gasteiger partial charge is 0.420 e. The number of pyridine rings is 1. The third kappa shape index (κ3) is 6.86. The van der Waals surface area contributed by atoms with Gasteiger partial charge in [0.1, 0.15) is 18.4 Å². The van der Waals surface area contributed by atoms with Gasteiger partial charge >= 0.3 is 5.76 Å². The molecule has 0 aliphatic carbocycles. The predicted molar refractivity (Wildman–Crippen MR) is 124 cm³/mol. The number of oxazole rings is 1. The fourth-order valence-corrected chi connectivity index (χ4v) is 3.51. The second-order valence-corrected chi connectivity index (χ2v) is 7.76. The van der Waals surface area contributed by atoms with E-state index in [1.807, 2.05) is 6.92 Å². The number of hydrogen-bond donors (Lipinski definition) is 2. The first-order valence-electron chi connectivity index (χ1n) is 11.1. The summed E-state index contributed by atoms with van der Waals surface area (Å²) in [7, 11) is 0. The van der Waals surface area contributed by atoms with Crippen LogP contribution in [-0.4, -0.2) is 33.2 Å². The number of Topliss-reactive ketones (excluding diaryl/α,β-unsaturated/α-hetero) is 1. The van der Waals surface area contributed by atoms with Gasteiger partial charge in [0.05, 0.1) is 17.4 Å². The van der Waals surface area contributed by atoms with Crippen LogP contribution in [0.3, 0.4) is 0 Å². The van der Waals surface area contributed by atoms with E-state index in [-0.39, 0.29) is 18.2 Å². The minimum Gasteiger partial charge on any atom is -0.408 e. The minimum atomic E-state index is -0.798. The Kier molecular flexibility index (Phi) is 8.51. The summed E-state index contributed by atoms with van der Waals surface area (Å²) in [6.07, 6.45) is 6.73. The Labute approximate surface area is 191 Å². The number of para-hydroxylation sites is 2. The van der Waals surface area contributed by atoms with Crippen molar-refractivity contribution in [2.75, 3.05) is 5.32 Å². The summed E-state index contributed by atoms with van der Waals surface area (Å²) in [4.78, 5) is 53.2. The number of nitrogens with one attached hydrogen (secondary N) is 2. The van der Waals surface area contributed by atoms with Crippen LogP contribution >= 0.6 is 0 Å². The molecule has 1 aromatic carbocycles. The van der Waals surface area contributed by atoms with Crippen molar-refractivity contribution in [2.24, 2.45) is 0 Å². The lowest BCUT2D eigenvalue weighted by atomic mass is 10.0. The Bertz CT molecular complexity index is 1150. The Hall–Kier alpha value is -3.75. The first-order chi connectivity index (χ1) is 16.0. The molecule has 0 saturated carbocycles. The second kappa shape index (κ2) is 11.8. The summed E-state index contributed by atoms with van der Waals surface area (Å²) in [6.45, 7) is 1.57. The van der Waals surface area contributed by atoms with Crippen LogP contribution in [0.5, 0.6) is 0 Å². The number of nitrogens with zero attached hydrogens (tertiary/aromatic N) is 2. The van der Waals surface area contributed by atoms with Gasteiger partial charge in [0.15, 0.2) is 5.58 Å². The molecule has 0 radical (unpaired) electrons. The monoisotopic (exact) mass is 452 g/mol. The Morgan fingerprint density at radius 3 is 2.67 bits per heavy atom. The van der Waals surface area contributed by atoms with Crippen LogP contribution in [-0.2, 0) is 20.9 Å². The number of aromatic nitrogens is 2. The van der Waals surface area contributed by atoms with E-state index in [1.54, 1.807) is 42.6 Å². The molecular formula is C24H28N4O5. The molecule has 2 aromatic heterocycles. The lowest BCUT2D eigenvalue weighted by Crippen LogP contribution is -2.45. The summed E-state index contributed by atoms with van der Waals surface area (Å²) >= 11 is 0. The van der Waals surface area contributed by atoms with E-state index in [1.165, 1.54) is 10.8 Å². The van der Waals surface area contributed by atoms with Crippen LogP contribution in [0.25, 0.3) is 11.1 Å². The van der Waals surface area contributed by atoms with Crippen LogP contribution in [0.15, 0.2) is 58.0 Å². The number of unbranched alkanes of at least 4 members (excludes halogenated alkanes) is 2. The fraction of sp³-hybridized carbons (Fsp3) is 0.375. The lowest BCUT2D eigenvalue weighted by molar-refractivity contribution is -0.127. The molecule has 0 fully saturated rings. The van der Waals surface area contributed by atoms with Crippen LogP contribution < -0.4 is 16.4 Å². The molecule has 0 unspecified atom stereocenters. The highest BCUT2D eigenvalue weighted by atomic mass is 16.4. The van der Waals surface area contributed by atoms with E-state index in [2.05, 4.69) is 15.6 Å². The summed E-state index contributed by atoms with van der Waals surface area (Å²) in [6, 6.07) is 9.44. The van der Waals surface area contributed by atoms with Gasteiger partial charge in [0.2, 0.25) is 11.8 Å². The molecular weight excluding hydrogens is 424 g/mol. The first-order valence-corrected chi connectivity index (χ1v) is 11.1. The molecule has 0 spiro atoms. The zero-order valence-corrected chi connectivity index (χ0v) is 18.6. The molecule has 0 bridgehead atoms. The molecule has 2 heterocycles. The van der Waals surface area contributed by atoms with E-state index in [0.29, 0.717) is 42.5 Å². The first kappa shape index (κ1) is 23.9. The standard InChI is InChI=1S/C24H28N4O5/c1-2-18(29)10-4-3-5-11-19(23(31)26-17-9-8-14-25-15-17)27-22(30)16-28-20-12-6-7-13-21(20)33-24(28)32/h6-9,12-15,19H,2-5,10-11,16H2,1H3,(H,26,31)(H,27,30)/t19-/m0/s1. The van der Waals surface area contributed by atoms with Crippen LogP contribution in [0.1, 0.15) is 45.4 Å². The van der Waals surface area contributed by atoms with Crippen molar-refractivity contribution in [1.82, 2.24) is 14.9 Å². The molecule has 1 atom stereocenters. The van der Waals surface area contributed by atoms with Crippen molar-refractivity contribution < 1.29 is 18.8 Å². The van der Waals surface area contributed by atoms with Crippen molar-refractivity contribution in [3.8, 4) is 0 Å².